The monoisotopic (exact) mass is 204 g/mol. The maximum absolute atomic E-state index is 11.2. The molecule has 80 valence electrons. The fourth-order valence-electron chi connectivity index (χ4n) is 1.69. The Morgan fingerprint density at radius 3 is 2.07 bits per heavy atom. The van der Waals surface area contributed by atoms with Crippen LogP contribution in [0.3, 0.4) is 0 Å². The zero-order valence-electron chi connectivity index (χ0n) is 9.16. The van der Waals surface area contributed by atoms with Crippen molar-refractivity contribution in [3.8, 4) is 0 Å². The predicted molar refractivity (Wildman–Crippen MR) is 61.6 cm³/mol. The molecule has 0 bridgehead atoms. The van der Waals surface area contributed by atoms with Crippen molar-refractivity contribution in [3.63, 3.8) is 0 Å². The molecular weight excluding hydrogens is 188 g/mol. The van der Waals surface area contributed by atoms with E-state index in [1.165, 1.54) is 0 Å². The van der Waals surface area contributed by atoms with Crippen LogP contribution >= 0.6 is 0 Å². The normalized spacial score (nSPS) is 9.73. The van der Waals surface area contributed by atoms with Crippen molar-refractivity contribution in [1.82, 2.24) is 0 Å². The summed E-state index contributed by atoms with van der Waals surface area (Å²) < 4.78 is 0. The van der Waals surface area contributed by atoms with E-state index in [1.54, 1.807) is 0 Å². The Kier molecular flexibility index (Phi) is 4.10. The van der Waals surface area contributed by atoms with Crippen LogP contribution in [0, 0.1) is 0 Å². The number of carboxylic acids is 1. The Morgan fingerprint density at radius 2 is 1.67 bits per heavy atom. The first-order valence-corrected chi connectivity index (χ1v) is 5.21. The van der Waals surface area contributed by atoms with Crippen LogP contribution in [0.4, 0.5) is 0 Å². The zero-order chi connectivity index (χ0) is 11.3. The minimum atomic E-state index is -0.833. The van der Waals surface area contributed by atoms with Gasteiger partial charge >= 0.3 is 5.97 Å². The lowest BCUT2D eigenvalue weighted by molar-refractivity contribution is -0.130. The summed E-state index contributed by atoms with van der Waals surface area (Å²) in [5, 5.41) is 9.20. The summed E-state index contributed by atoms with van der Waals surface area (Å²) in [5.74, 6) is -0.833. The van der Waals surface area contributed by atoms with Crippen molar-refractivity contribution in [1.29, 1.82) is 0 Å². The molecule has 1 aromatic carbocycles. The average molecular weight is 204 g/mol. The summed E-state index contributed by atoms with van der Waals surface area (Å²) >= 11 is 0. The highest BCUT2D eigenvalue weighted by Crippen LogP contribution is 2.23. The van der Waals surface area contributed by atoms with Crippen LogP contribution in [-0.4, -0.2) is 11.1 Å². The van der Waals surface area contributed by atoms with Crippen LogP contribution in [0.2, 0.25) is 0 Å². The number of hydrogen-bond acceptors (Lipinski definition) is 1. The van der Waals surface area contributed by atoms with Gasteiger partial charge < -0.3 is 5.11 Å². The molecule has 0 aliphatic heterocycles. The quantitative estimate of drug-likeness (QED) is 0.764. The van der Waals surface area contributed by atoms with E-state index in [1.807, 2.05) is 44.2 Å². The number of hydrogen-bond donors (Lipinski definition) is 1. The lowest BCUT2D eigenvalue weighted by Gasteiger charge is -2.08. The SMILES string of the molecule is CCC(CC)=C(C(=O)O)c1ccccc1. The van der Waals surface area contributed by atoms with Crippen molar-refractivity contribution in [3.05, 3.63) is 41.5 Å². The number of rotatable bonds is 4. The molecule has 1 aromatic rings. The lowest BCUT2D eigenvalue weighted by Crippen LogP contribution is -2.03. The molecule has 1 N–H and O–H groups in total. The number of carbonyl (C=O) groups is 1. The van der Waals surface area contributed by atoms with Crippen molar-refractivity contribution in [2.45, 2.75) is 26.7 Å². The summed E-state index contributed by atoms with van der Waals surface area (Å²) in [6.07, 6.45) is 1.57. The van der Waals surface area contributed by atoms with Gasteiger partial charge in [-0.25, -0.2) is 4.79 Å². The molecule has 2 nitrogen and oxygen atoms in total. The standard InChI is InChI=1S/C13H16O2/c1-3-10(4-2)12(13(14)15)11-8-6-5-7-9-11/h5-9H,3-4H2,1-2H3,(H,14,15). The molecule has 0 saturated heterocycles. The van der Waals surface area contributed by atoms with E-state index in [-0.39, 0.29) is 0 Å². The molecule has 0 atom stereocenters. The van der Waals surface area contributed by atoms with Gasteiger partial charge in [-0.3, -0.25) is 0 Å². The van der Waals surface area contributed by atoms with Gasteiger partial charge in [-0.05, 0) is 18.4 Å². The van der Waals surface area contributed by atoms with E-state index < -0.39 is 5.97 Å². The van der Waals surface area contributed by atoms with Gasteiger partial charge in [0.15, 0.2) is 0 Å². The van der Waals surface area contributed by atoms with Crippen LogP contribution in [0.25, 0.3) is 5.57 Å². The Balaban J connectivity index is 3.26. The highest BCUT2D eigenvalue weighted by Gasteiger charge is 2.13. The molecule has 0 aliphatic carbocycles. The molecule has 0 spiro atoms. The van der Waals surface area contributed by atoms with Gasteiger partial charge in [-0.2, -0.15) is 0 Å². The van der Waals surface area contributed by atoms with Crippen LogP contribution in [0.1, 0.15) is 32.3 Å². The van der Waals surface area contributed by atoms with Crippen molar-refractivity contribution in [2.75, 3.05) is 0 Å². The molecular formula is C13H16O2. The zero-order valence-corrected chi connectivity index (χ0v) is 9.16. The summed E-state index contributed by atoms with van der Waals surface area (Å²) in [5.41, 5.74) is 2.25. The van der Waals surface area contributed by atoms with Crippen molar-refractivity contribution in [2.24, 2.45) is 0 Å². The minimum absolute atomic E-state index is 0.459. The van der Waals surface area contributed by atoms with Gasteiger partial charge in [0, 0.05) is 0 Å². The second kappa shape index (κ2) is 5.35. The van der Waals surface area contributed by atoms with E-state index in [0.29, 0.717) is 5.57 Å². The van der Waals surface area contributed by atoms with Crippen LogP contribution in [0.15, 0.2) is 35.9 Å². The molecule has 1 rings (SSSR count). The third-order valence-corrected chi connectivity index (χ3v) is 2.48. The average Bonchev–Trinajstić information content (AvgIpc) is 2.26. The van der Waals surface area contributed by atoms with Crippen molar-refractivity contribution >= 4 is 11.5 Å². The van der Waals surface area contributed by atoms with Crippen LogP contribution in [0.5, 0.6) is 0 Å². The molecule has 0 unspecified atom stereocenters. The molecule has 0 amide bonds. The molecule has 0 fully saturated rings. The van der Waals surface area contributed by atoms with Gasteiger partial charge in [0.1, 0.15) is 0 Å². The number of carboxylic acid groups (broad SMARTS) is 1. The highest BCUT2D eigenvalue weighted by molar-refractivity contribution is 6.16. The van der Waals surface area contributed by atoms with E-state index in [0.717, 1.165) is 24.0 Å². The van der Waals surface area contributed by atoms with E-state index in [4.69, 9.17) is 0 Å². The second-order valence-electron chi connectivity index (χ2n) is 3.36. The van der Waals surface area contributed by atoms with Gasteiger partial charge in [-0.15, -0.1) is 0 Å². The molecule has 2 heteroatoms. The number of benzene rings is 1. The summed E-state index contributed by atoms with van der Waals surface area (Å²) in [6.45, 7) is 3.98. The highest BCUT2D eigenvalue weighted by atomic mass is 16.4. The van der Waals surface area contributed by atoms with Gasteiger partial charge in [0.25, 0.3) is 0 Å². The summed E-state index contributed by atoms with van der Waals surface area (Å²) in [6, 6.07) is 9.30. The van der Waals surface area contributed by atoms with E-state index in [2.05, 4.69) is 0 Å². The van der Waals surface area contributed by atoms with E-state index in [9.17, 15) is 9.90 Å². The maximum atomic E-state index is 11.2. The molecule has 0 aromatic heterocycles. The second-order valence-corrected chi connectivity index (χ2v) is 3.36. The lowest BCUT2D eigenvalue weighted by atomic mass is 9.97. The first-order chi connectivity index (χ1) is 7.20. The molecule has 0 saturated carbocycles. The molecule has 0 aliphatic rings. The number of allylic oxidation sites excluding steroid dienone is 1. The smallest absolute Gasteiger partial charge is 0.336 e. The maximum Gasteiger partial charge on any atom is 0.336 e. The van der Waals surface area contributed by atoms with Crippen LogP contribution in [-0.2, 0) is 4.79 Å². The van der Waals surface area contributed by atoms with Gasteiger partial charge in [-0.1, -0.05) is 49.8 Å². The minimum Gasteiger partial charge on any atom is -0.478 e. The fraction of sp³-hybridized carbons (Fsp3) is 0.308. The third-order valence-electron chi connectivity index (χ3n) is 2.48. The Hall–Kier alpha value is -1.57. The Labute approximate surface area is 90.3 Å². The molecule has 15 heavy (non-hydrogen) atoms. The van der Waals surface area contributed by atoms with Gasteiger partial charge in [0.05, 0.1) is 5.57 Å². The van der Waals surface area contributed by atoms with Crippen molar-refractivity contribution < 1.29 is 9.90 Å². The summed E-state index contributed by atoms with van der Waals surface area (Å²) in [4.78, 5) is 11.2. The molecule has 0 heterocycles. The van der Waals surface area contributed by atoms with E-state index >= 15 is 0 Å². The first kappa shape index (κ1) is 11.5. The molecule has 0 radical (unpaired) electrons. The third kappa shape index (κ3) is 2.69. The largest absolute Gasteiger partial charge is 0.478 e. The van der Waals surface area contributed by atoms with Gasteiger partial charge in [0.2, 0.25) is 0 Å². The number of aliphatic carboxylic acids is 1. The first-order valence-electron chi connectivity index (χ1n) is 5.21. The summed E-state index contributed by atoms with van der Waals surface area (Å²) in [7, 11) is 0. The fourth-order valence-corrected chi connectivity index (χ4v) is 1.69. The Morgan fingerprint density at radius 1 is 1.13 bits per heavy atom. The van der Waals surface area contributed by atoms with Crippen LogP contribution < -0.4 is 0 Å². The predicted octanol–water partition coefficient (Wildman–Crippen LogP) is 3.34. The topological polar surface area (TPSA) is 37.3 Å². The Bertz CT molecular complexity index is 357.